The molecular formula is C24H40N6O6. The molecule has 0 aliphatic heterocycles. The lowest BCUT2D eigenvalue weighted by atomic mass is 10.0. The summed E-state index contributed by atoms with van der Waals surface area (Å²) in [5, 5.41) is 26.4. The molecule has 36 heavy (non-hydrogen) atoms. The van der Waals surface area contributed by atoms with Crippen molar-refractivity contribution in [1.29, 1.82) is 0 Å². The van der Waals surface area contributed by atoms with E-state index in [1.807, 2.05) is 6.07 Å². The lowest BCUT2D eigenvalue weighted by molar-refractivity contribution is -0.142. The minimum Gasteiger partial charge on any atom is -0.480 e. The maximum Gasteiger partial charge on any atom is 0.326 e. The smallest absolute Gasteiger partial charge is 0.326 e. The van der Waals surface area contributed by atoms with Gasteiger partial charge in [-0.3, -0.25) is 14.4 Å². The highest BCUT2D eigenvalue weighted by Crippen LogP contribution is 2.08. The van der Waals surface area contributed by atoms with Gasteiger partial charge < -0.3 is 43.4 Å². The van der Waals surface area contributed by atoms with E-state index in [-0.39, 0.29) is 19.3 Å². The molecule has 0 saturated carbocycles. The molecule has 0 aliphatic rings. The molecule has 0 bridgehead atoms. The van der Waals surface area contributed by atoms with Crippen molar-refractivity contribution < 1.29 is 29.4 Å². The van der Waals surface area contributed by atoms with Crippen LogP contribution in [0.2, 0.25) is 0 Å². The first-order valence-electron chi connectivity index (χ1n) is 12.2. The van der Waals surface area contributed by atoms with Crippen LogP contribution in [0.4, 0.5) is 0 Å². The van der Waals surface area contributed by atoms with Gasteiger partial charge in [0.1, 0.15) is 24.2 Å². The molecule has 0 radical (unpaired) electrons. The Labute approximate surface area is 211 Å². The number of nitrogens with two attached hydrogens (primary N) is 3. The maximum absolute atomic E-state index is 13.2. The maximum atomic E-state index is 13.2. The van der Waals surface area contributed by atoms with Crippen molar-refractivity contribution >= 4 is 23.7 Å². The number of rotatable bonds is 18. The van der Waals surface area contributed by atoms with Gasteiger partial charge >= 0.3 is 5.97 Å². The van der Waals surface area contributed by atoms with E-state index in [4.69, 9.17) is 17.2 Å². The minimum absolute atomic E-state index is 0.116. The summed E-state index contributed by atoms with van der Waals surface area (Å²) in [7, 11) is 0. The Morgan fingerprint density at radius 1 is 0.750 bits per heavy atom. The molecule has 0 saturated heterocycles. The van der Waals surface area contributed by atoms with Crippen molar-refractivity contribution in [2.45, 2.75) is 69.1 Å². The van der Waals surface area contributed by atoms with E-state index in [2.05, 4.69) is 16.0 Å². The zero-order valence-corrected chi connectivity index (χ0v) is 20.5. The number of carboxylic acid groups (broad SMARTS) is 1. The van der Waals surface area contributed by atoms with Crippen LogP contribution in [0.1, 0.15) is 44.1 Å². The molecule has 0 heterocycles. The second-order valence-electron chi connectivity index (χ2n) is 8.57. The van der Waals surface area contributed by atoms with Crippen LogP contribution in [0.3, 0.4) is 0 Å². The molecule has 4 unspecified atom stereocenters. The number of nitrogens with one attached hydrogen (secondary N) is 3. The van der Waals surface area contributed by atoms with Gasteiger partial charge in [-0.25, -0.2) is 4.79 Å². The molecule has 1 rings (SSSR count). The number of carbonyl (C=O) groups excluding carboxylic acids is 3. The Kier molecular flexibility index (Phi) is 15.0. The van der Waals surface area contributed by atoms with Gasteiger partial charge in [-0.1, -0.05) is 30.3 Å². The molecule has 202 valence electrons. The fourth-order valence-corrected chi connectivity index (χ4v) is 3.48. The number of aliphatic hydroxyl groups is 1. The summed E-state index contributed by atoms with van der Waals surface area (Å²) < 4.78 is 0. The van der Waals surface area contributed by atoms with Crippen LogP contribution in [0.25, 0.3) is 0 Å². The normalized spacial score (nSPS) is 14.2. The molecule has 0 aromatic heterocycles. The number of benzene rings is 1. The molecule has 12 heteroatoms. The van der Waals surface area contributed by atoms with Crippen LogP contribution in [-0.2, 0) is 25.6 Å². The van der Waals surface area contributed by atoms with Crippen LogP contribution in [0.5, 0.6) is 0 Å². The molecule has 1 aromatic rings. The lowest BCUT2D eigenvalue weighted by Gasteiger charge is -2.25. The molecule has 12 nitrogen and oxygen atoms in total. The van der Waals surface area contributed by atoms with Gasteiger partial charge in [0.15, 0.2) is 0 Å². The third kappa shape index (κ3) is 11.6. The highest BCUT2D eigenvalue weighted by Gasteiger charge is 2.30. The molecule has 3 amide bonds. The Bertz CT molecular complexity index is 825. The highest BCUT2D eigenvalue weighted by atomic mass is 16.4. The van der Waals surface area contributed by atoms with Gasteiger partial charge in [-0.15, -0.1) is 0 Å². The van der Waals surface area contributed by atoms with Gasteiger partial charge in [0.25, 0.3) is 0 Å². The molecule has 11 N–H and O–H groups in total. The van der Waals surface area contributed by atoms with Crippen molar-refractivity contribution in [1.82, 2.24) is 16.0 Å². The van der Waals surface area contributed by atoms with E-state index in [0.29, 0.717) is 38.8 Å². The van der Waals surface area contributed by atoms with Gasteiger partial charge in [0.05, 0.1) is 6.61 Å². The van der Waals surface area contributed by atoms with E-state index in [1.54, 1.807) is 24.3 Å². The molecule has 0 aliphatic carbocycles. The molecule has 0 fully saturated rings. The summed E-state index contributed by atoms with van der Waals surface area (Å²) in [4.78, 5) is 50.1. The van der Waals surface area contributed by atoms with Crippen molar-refractivity contribution in [3.05, 3.63) is 35.9 Å². The second-order valence-corrected chi connectivity index (χ2v) is 8.57. The van der Waals surface area contributed by atoms with E-state index in [1.165, 1.54) is 0 Å². The summed E-state index contributed by atoms with van der Waals surface area (Å²) in [5.74, 6) is -3.18. The summed E-state index contributed by atoms with van der Waals surface area (Å²) in [6.07, 6.45) is 2.81. The predicted octanol–water partition coefficient (Wildman–Crippen LogP) is -1.65. The van der Waals surface area contributed by atoms with Crippen LogP contribution < -0.4 is 33.2 Å². The number of carbonyl (C=O) groups is 4. The first kappa shape index (κ1) is 31.0. The summed E-state index contributed by atoms with van der Waals surface area (Å²) in [6, 6.07) is 4.47. The Balaban J connectivity index is 3.03. The average Bonchev–Trinajstić information content (AvgIpc) is 2.87. The number of aliphatic hydroxyl groups excluding tert-OH is 1. The number of carboxylic acids is 1. The Morgan fingerprint density at radius 2 is 1.25 bits per heavy atom. The fourth-order valence-electron chi connectivity index (χ4n) is 3.48. The first-order valence-corrected chi connectivity index (χ1v) is 12.2. The van der Waals surface area contributed by atoms with Gasteiger partial charge in [-0.05, 0) is 57.2 Å². The highest BCUT2D eigenvalue weighted by molar-refractivity contribution is 5.94. The van der Waals surface area contributed by atoms with Crippen molar-refractivity contribution in [2.24, 2.45) is 17.2 Å². The van der Waals surface area contributed by atoms with Gasteiger partial charge in [-0.2, -0.15) is 0 Å². The summed E-state index contributed by atoms with van der Waals surface area (Å²) in [6.45, 7) is 0.202. The zero-order valence-electron chi connectivity index (χ0n) is 20.5. The van der Waals surface area contributed by atoms with Gasteiger partial charge in [0, 0.05) is 6.42 Å². The molecule has 4 atom stereocenters. The standard InChI is InChI=1S/C24H40N6O6/c25-12-6-4-10-18(22(33)29-19(24(35)36)11-5-7-13-26)28-23(34)20(30-21(32)17(27)15-31)14-16-8-2-1-3-9-16/h1-3,8-9,17-20,31H,4-7,10-15,25-27H2,(H,28,34)(H,29,33)(H,30,32)(H,35,36). The van der Waals surface area contributed by atoms with E-state index < -0.39 is 54.5 Å². The third-order valence-corrected chi connectivity index (χ3v) is 5.59. The number of hydrogen-bond acceptors (Lipinski definition) is 8. The van der Waals surface area contributed by atoms with Crippen molar-refractivity contribution in [2.75, 3.05) is 19.7 Å². The minimum atomic E-state index is -1.22. The predicted molar refractivity (Wildman–Crippen MR) is 134 cm³/mol. The topological polar surface area (TPSA) is 223 Å². The monoisotopic (exact) mass is 508 g/mol. The van der Waals surface area contributed by atoms with E-state index in [0.717, 1.165) is 5.56 Å². The first-order chi connectivity index (χ1) is 17.2. The molecular weight excluding hydrogens is 468 g/mol. The van der Waals surface area contributed by atoms with E-state index >= 15 is 0 Å². The summed E-state index contributed by atoms with van der Waals surface area (Å²) in [5.41, 5.74) is 17.4. The number of aliphatic carboxylic acids is 1. The van der Waals surface area contributed by atoms with Crippen LogP contribution in [-0.4, -0.2) is 77.8 Å². The largest absolute Gasteiger partial charge is 0.480 e. The fraction of sp³-hybridized carbons (Fsp3) is 0.583. The Hall–Kier alpha value is -3.06. The van der Waals surface area contributed by atoms with Crippen molar-refractivity contribution in [3.8, 4) is 0 Å². The average molecular weight is 509 g/mol. The van der Waals surface area contributed by atoms with Crippen LogP contribution in [0, 0.1) is 0 Å². The SMILES string of the molecule is NCCCCC(NC(=O)C(CCCCN)NC(=O)C(Cc1ccccc1)NC(=O)C(N)CO)C(=O)O. The van der Waals surface area contributed by atoms with Gasteiger partial charge in [0.2, 0.25) is 17.7 Å². The third-order valence-electron chi connectivity index (χ3n) is 5.59. The number of unbranched alkanes of at least 4 members (excludes halogenated alkanes) is 2. The Morgan fingerprint density at radius 3 is 1.78 bits per heavy atom. The number of amides is 3. The van der Waals surface area contributed by atoms with Crippen LogP contribution in [0.15, 0.2) is 30.3 Å². The number of hydrogen-bond donors (Lipinski definition) is 8. The lowest BCUT2D eigenvalue weighted by Crippen LogP contribution is -2.58. The molecule has 0 spiro atoms. The summed E-state index contributed by atoms with van der Waals surface area (Å²) >= 11 is 0. The molecule has 1 aromatic carbocycles. The quantitative estimate of drug-likeness (QED) is 0.106. The van der Waals surface area contributed by atoms with E-state index in [9.17, 15) is 29.4 Å². The second kappa shape index (κ2) is 17.4. The zero-order chi connectivity index (χ0) is 26.9. The van der Waals surface area contributed by atoms with Crippen LogP contribution >= 0.6 is 0 Å². The van der Waals surface area contributed by atoms with Crippen molar-refractivity contribution in [3.63, 3.8) is 0 Å².